The van der Waals surface area contributed by atoms with E-state index in [1.165, 1.54) is 0 Å². The molecular formula is C21H24N2O3S. The minimum absolute atomic E-state index is 0.123. The van der Waals surface area contributed by atoms with Gasteiger partial charge in [0.25, 0.3) is 5.91 Å². The summed E-state index contributed by atoms with van der Waals surface area (Å²) in [6, 6.07) is 15.7. The molecule has 27 heavy (non-hydrogen) atoms. The van der Waals surface area contributed by atoms with E-state index in [0.29, 0.717) is 18.5 Å². The number of hydrogen-bond acceptors (Lipinski definition) is 4. The zero-order valence-corrected chi connectivity index (χ0v) is 16.1. The molecule has 3 rings (SSSR count). The summed E-state index contributed by atoms with van der Waals surface area (Å²) in [5.74, 6) is 0.442. The normalized spacial score (nSPS) is 15.3. The van der Waals surface area contributed by atoms with Gasteiger partial charge in [0.1, 0.15) is 6.04 Å². The zero-order valence-electron chi connectivity index (χ0n) is 15.3. The lowest BCUT2D eigenvalue weighted by atomic mass is 10.0. The smallest absolute Gasteiger partial charge is 0.255 e. The fourth-order valence-corrected chi connectivity index (χ4v) is 3.86. The van der Waals surface area contributed by atoms with Crippen LogP contribution in [0.15, 0.2) is 54.6 Å². The Kier molecular flexibility index (Phi) is 6.53. The molecule has 2 N–H and O–H groups in total. The van der Waals surface area contributed by atoms with Crippen molar-refractivity contribution < 1.29 is 14.7 Å². The van der Waals surface area contributed by atoms with E-state index in [-0.39, 0.29) is 24.5 Å². The van der Waals surface area contributed by atoms with Gasteiger partial charge in [-0.3, -0.25) is 9.59 Å². The monoisotopic (exact) mass is 384 g/mol. The number of aliphatic hydroxyl groups excluding tert-OH is 1. The number of hydrogen-bond donors (Lipinski definition) is 2. The van der Waals surface area contributed by atoms with Gasteiger partial charge in [-0.15, -0.1) is 0 Å². The summed E-state index contributed by atoms with van der Waals surface area (Å²) in [5, 5.41) is 12.5. The fraction of sp³-hybridized carbons (Fsp3) is 0.333. The van der Waals surface area contributed by atoms with Crippen molar-refractivity contribution in [3.05, 3.63) is 71.3 Å². The van der Waals surface area contributed by atoms with Crippen molar-refractivity contribution in [3.63, 3.8) is 0 Å². The first-order valence-electron chi connectivity index (χ1n) is 8.99. The molecule has 0 spiro atoms. The molecule has 0 aromatic heterocycles. The van der Waals surface area contributed by atoms with Crippen LogP contribution in [0.2, 0.25) is 0 Å². The molecule has 2 atom stereocenters. The van der Waals surface area contributed by atoms with Crippen molar-refractivity contribution >= 4 is 23.6 Å². The number of nitrogens with zero attached hydrogens (tertiary/aromatic N) is 1. The molecule has 6 heteroatoms. The minimum Gasteiger partial charge on any atom is -0.394 e. The second-order valence-corrected chi connectivity index (χ2v) is 7.56. The molecular weight excluding hydrogens is 360 g/mol. The molecule has 2 aromatic carbocycles. The highest BCUT2D eigenvalue weighted by Gasteiger charge is 2.37. The molecule has 0 saturated carbocycles. The van der Waals surface area contributed by atoms with Crippen LogP contribution in [0.3, 0.4) is 0 Å². The molecule has 2 amide bonds. The number of aliphatic hydroxyl groups is 1. The Hall–Kier alpha value is -2.31. The SMILES string of the molecule is CSCC[C@@H](CO)NC(=O)[C@H](c1ccccc1)N1Cc2ccccc2C1=O. The summed E-state index contributed by atoms with van der Waals surface area (Å²) in [6.07, 6.45) is 2.67. The molecule has 0 unspecified atom stereocenters. The molecule has 0 fully saturated rings. The van der Waals surface area contributed by atoms with Crippen molar-refractivity contribution in [1.29, 1.82) is 0 Å². The third-order valence-corrected chi connectivity index (χ3v) is 5.41. The number of amides is 2. The maximum Gasteiger partial charge on any atom is 0.255 e. The predicted octanol–water partition coefficient (Wildman–Crippen LogP) is 2.61. The van der Waals surface area contributed by atoms with Gasteiger partial charge in [-0.2, -0.15) is 11.8 Å². The van der Waals surface area contributed by atoms with Gasteiger partial charge in [-0.1, -0.05) is 48.5 Å². The highest BCUT2D eigenvalue weighted by Crippen LogP contribution is 2.31. The van der Waals surface area contributed by atoms with E-state index in [9.17, 15) is 14.7 Å². The van der Waals surface area contributed by atoms with Crippen LogP contribution in [0.5, 0.6) is 0 Å². The Morgan fingerprint density at radius 3 is 2.56 bits per heavy atom. The Morgan fingerprint density at radius 1 is 1.19 bits per heavy atom. The van der Waals surface area contributed by atoms with Gasteiger partial charge in [0.2, 0.25) is 5.91 Å². The number of carbonyl (C=O) groups excluding carboxylic acids is 2. The van der Waals surface area contributed by atoms with E-state index in [2.05, 4.69) is 5.32 Å². The van der Waals surface area contributed by atoms with Crippen molar-refractivity contribution in [1.82, 2.24) is 10.2 Å². The first kappa shape index (κ1) is 19.5. The van der Waals surface area contributed by atoms with Crippen molar-refractivity contribution in [2.75, 3.05) is 18.6 Å². The Balaban J connectivity index is 1.87. The van der Waals surface area contributed by atoms with Crippen LogP contribution in [-0.2, 0) is 11.3 Å². The molecule has 0 bridgehead atoms. The number of carbonyl (C=O) groups is 2. The number of benzene rings is 2. The summed E-state index contributed by atoms with van der Waals surface area (Å²) in [6.45, 7) is 0.276. The molecule has 0 radical (unpaired) electrons. The van der Waals surface area contributed by atoms with Gasteiger partial charge < -0.3 is 15.3 Å². The van der Waals surface area contributed by atoms with Gasteiger partial charge in [0.15, 0.2) is 0 Å². The Morgan fingerprint density at radius 2 is 1.89 bits per heavy atom. The van der Waals surface area contributed by atoms with Crippen molar-refractivity contribution in [2.24, 2.45) is 0 Å². The first-order chi connectivity index (χ1) is 13.2. The van der Waals surface area contributed by atoms with E-state index < -0.39 is 6.04 Å². The average molecular weight is 385 g/mol. The summed E-state index contributed by atoms with van der Waals surface area (Å²) in [4.78, 5) is 27.7. The van der Waals surface area contributed by atoms with Gasteiger partial charge in [-0.05, 0) is 35.6 Å². The number of fused-ring (bicyclic) bond motifs is 1. The average Bonchev–Trinajstić information content (AvgIpc) is 3.03. The number of nitrogens with one attached hydrogen (secondary N) is 1. The van der Waals surface area contributed by atoms with Crippen LogP contribution < -0.4 is 5.32 Å². The van der Waals surface area contributed by atoms with E-state index in [0.717, 1.165) is 16.9 Å². The van der Waals surface area contributed by atoms with E-state index in [4.69, 9.17) is 0 Å². The molecule has 2 aromatic rings. The lowest BCUT2D eigenvalue weighted by Gasteiger charge is -2.29. The second-order valence-electron chi connectivity index (χ2n) is 6.57. The van der Waals surface area contributed by atoms with Crippen LogP contribution in [0.1, 0.15) is 33.9 Å². The van der Waals surface area contributed by atoms with E-state index in [1.54, 1.807) is 22.7 Å². The molecule has 1 aliphatic heterocycles. The Labute approximate surface area is 163 Å². The van der Waals surface area contributed by atoms with Crippen LogP contribution >= 0.6 is 11.8 Å². The lowest BCUT2D eigenvalue weighted by molar-refractivity contribution is -0.127. The van der Waals surface area contributed by atoms with E-state index >= 15 is 0 Å². The third-order valence-electron chi connectivity index (χ3n) is 4.76. The highest BCUT2D eigenvalue weighted by atomic mass is 32.2. The highest BCUT2D eigenvalue weighted by molar-refractivity contribution is 7.98. The molecule has 5 nitrogen and oxygen atoms in total. The largest absolute Gasteiger partial charge is 0.394 e. The van der Waals surface area contributed by atoms with Gasteiger partial charge in [-0.25, -0.2) is 0 Å². The van der Waals surface area contributed by atoms with Gasteiger partial charge >= 0.3 is 0 Å². The maximum atomic E-state index is 13.1. The summed E-state index contributed by atoms with van der Waals surface area (Å²) < 4.78 is 0. The molecule has 1 aliphatic rings. The summed E-state index contributed by atoms with van der Waals surface area (Å²) in [7, 11) is 0. The number of rotatable bonds is 8. The standard InChI is InChI=1S/C21H24N2O3S/c1-27-12-11-17(14-24)22-20(25)19(15-7-3-2-4-8-15)23-13-16-9-5-6-10-18(16)21(23)26/h2-10,17,19,24H,11-14H2,1H3,(H,22,25)/t17-,19-/m0/s1. The predicted molar refractivity (Wildman–Crippen MR) is 108 cm³/mol. The Bertz CT molecular complexity index is 797. The maximum absolute atomic E-state index is 13.1. The third kappa shape index (κ3) is 4.34. The quantitative estimate of drug-likeness (QED) is 0.734. The molecule has 0 saturated heterocycles. The van der Waals surface area contributed by atoms with Crippen LogP contribution in [0, 0.1) is 0 Å². The summed E-state index contributed by atoms with van der Waals surface area (Å²) in [5.41, 5.74) is 2.34. The van der Waals surface area contributed by atoms with Crippen LogP contribution in [-0.4, -0.2) is 46.5 Å². The van der Waals surface area contributed by atoms with Crippen molar-refractivity contribution in [3.8, 4) is 0 Å². The lowest BCUT2D eigenvalue weighted by Crippen LogP contribution is -2.46. The van der Waals surface area contributed by atoms with Crippen LogP contribution in [0.25, 0.3) is 0 Å². The minimum atomic E-state index is -0.727. The van der Waals surface area contributed by atoms with Crippen LogP contribution in [0.4, 0.5) is 0 Å². The van der Waals surface area contributed by atoms with Gasteiger partial charge in [0, 0.05) is 12.1 Å². The zero-order chi connectivity index (χ0) is 19.2. The molecule has 0 aliphatic carbocycles. The van der Waals surface area contributed by atoms with E-state index in [1.807, 2.05) is 54.8 Å². The summed E-state index contributed by atoms with van der Waals surface area (Å²) >= 11 is 1.67. The van der Waals surface area contributed by atoms with Crippen molar-refractivity contribution in [2.45, 2.75) is 25.0 Å². The van der Waals surface area contributed by atoms with Gasteiger partial charge in [0.05, 0.1) is 12.6 Å². The topological polar surface area (TPSA) is 69.6 Å². The molecule has 142 valence electrons. The number of thioether (sulfide) groups is 1. The molecule has 1 heterocycles. The second kappa shape index (κ2) is 9.06. The first-order valence-corrected chi connectivity index (χ1v) is 10.4. The fourth-order valence-electron chi connectivity index (χ4n) is 3.34.